The maximum Gasteiger partial charge on any atom is 0.163 e. The van der Waals surface area contributed by atoms with E-state index in [1.807, 2.05) is 36.5 Å². The first-order chi connectivity index (χ1) is 9.81. The molecule has 100 valence electrons. The fourth-order valence-electron chi connectivity index (χ4n) is 1.78. The van der Waals surface area contributed by atoms with E-state index in [0.717, 1.165) is 10.4 Å². The summed E-state index contributed by atoms with van der Waals surface area (Å²) in [6.45, 7) is 0.676. The van der Waals surface area contributed by atoms with Gasteiger partial charge in [-0.1, -0.05) is 30.3 Å². The molecule has 3 N–H and O–H groups in total. The third kappa shape index (κ3) is 2.92. The lowest BCUT2D eigenvalue weighted by Gasteiger charge is -2.07. The van der Waals surface area contributed by atoms with Gasteiger partial charge in [0.2, 0.25) is 0 Å². The Kier molecular flexibility index (Phi) is 3.56. The highest BCUT2D eigenvalue weighted by atomic mass is 32.1. The molecule has 0 aliphatic carbocycles. The van der Waals surface area contributed by atoms with Crippen LogP contribution >= 0.6 is 11.3 Å². The SMILES string of the molecule is Nc1cc(NCc2cncs2)nc(-c2ccccc2)n1. The van der Waals surface area contributed by atoms with Crippen LogP contribution in [0.5, 0.6) is 0 Å². The molecular formula is C14H13N5S. The molecule has 0 amide bonds. The van der Waals surface area contributed by atoms with Crippen LogP contribution in [0.4, 0.5) is 11.6 Å². The molecule has 0 fully saturated rings. The Morgan fingerprint density at radius 2 is 2.00 bits per heavy atom. The van der Waals surface area contributed by atoms with Crippen molar-refractivity contribution in [1.82, 2.24) is 15.0 Å². The van der Waals surface area contributed by atoms with E-state index in [2.05, 4.69) is 20.3 Å². The molecule has 0 atom stereocenters. The van der Waals surface area contributed by atoms with E-state index < -0.39 is 0 Å². The molecule has 0 bridgehead atoms. The van der Waals surface area contributed by atoms with E-state index in [0.29, 0.717) is 24.0 Å². The molecule has 0 saturated heterocycles. The lowest BCUT2D eigenvalue weighted by Crippen LogP contribution is -2.04. The summed E-state index contributed by atoms with van der Waals surface area (Å²) in [5.41, 5.74) is 8.60. The van der Waals surface area contributed by atoms with Crippen molar-refractivity contribution in [2.75, 3.05) is 11.1 Å². The summed E-state index contributed by atoms with van der Waals surface area (Å²) in [5, 5.41) is 3.24. The van der Waals surface area contributed by atoms with Crippen LogP contribution in [0, 0.1) is 0 Å². The number of thiazole rings is 1. The number of nitrogens with zero attached hydrogens (tertiary/aromatic N) is 3. The second kappa shape index (κ2) is 5.66. The van der Waals surface area contributed by atoms with E-state index >= 15 is 0 Å². The lowest BCUT2D eigenvalue weighted by molar-refractivity contribution is 1.10. The number of anilines is 2. The first-order valence-corrected chi connectivity index (χ1v) is 7.00. The maximum atomic E-state index is 5.84. The summed E-state index contributed by atoms with van der Waals surface area (Å²) in [5.74, 6) is 1.79. The Balaban J connectivity index is 1.83. The number of rotatable bonds is 4. The topological polar surface area (TPSA) is 76.7 Å². The molecule has 2 heterocycles. The van der Waals surface area contributed by atoms with E-state index in [1.165, 1.54) is 0 Å². The van der Waals surface area contributed by atoms with Crippen molar-refractivity contribution < 1.29 is 0 Å². The summed E-state index contributed by atoms with van der Waals surface area (Å²) in [6, 6.07) is 11.5. The van der Waals surface area contributed by atoms with Crippen LogP contribution in [0.3, 0.4) is 0 Å². The second-order valence-electron chi connectivity index (χ2n) is 4.19. The van der Waals surface area contributed by atoms with Gasteiger partial charge in [-0.25, -0.2) is 9.97 Å². The Hall–Kier alpha value is -2.47. The van der Waals surface area contributed by atoms with Crippen LogP contribution in [0.15, 0.2) is 48.1 Å². The Bertz CT molecular complexity index is 682. The summed E-state index contributed by atoms with van der Waals surface area (Å²) in [4.78, 5) is 13.9. The predicted octanol–water partition coefficient (Wildman–Crippen LogP) is 2.79. The Morgan fingerprint density at radius 1 is 1.15 bits per heavy atom. The zero-order valence-corrected chi connectivity index (χ0v) is 11.5. The van der Waals surface area contributed by atoms with Crippen LogP contribution < -0.4 is 11.1 Å². The van der Waals surface area contributed by atoms with Gasteiger partial charge in [0, 0.05) is 22.7 Å². The molecule has 0 unspecified atom stereocenters. The van der Waals surface area contributed by atoms with Gasteiger partial charge in [0.25, 0.3) is 0 Å². The smallest absolute Gasteiger partial charge is 0.163 e. The van der Waals surface area contributed by atoms with Crippen molar-refractivity contribution in [3.63, 3.8) is 0 Å². The molecule has 20 heavy (non-hydrogen) atoms. The van der Waals surface area contributed by atoms with Crippen LogP contribution in [0.2, 0.25) is 0 Å². The molecule has 6 heteroatoms. The van der Waals surface area contributed by atoms with Gasteiger partial charge in [-0.05, 0) is 0 Å². The first-order valence-electron chi connectivity index (χ1n) is 6.12. The number of benzene rings is 1. The maximum absolute atomic E-state index is 5.84. The van der Waals surface area contributed by atoms with Gasteiger partial charge >= 0.3 is 0 Å². The zero-order valence-electron chi connectivity index (χ0n) is 10.7. The Labute approximate surface area is 120 Å². The fraction of sp³-hybridized carbons (Fsp3) is 0.0714. The number of aromatic nitrogens is 3. The van der Waals surface area contributed by atoms with Gasteiger partial charge in [-0.3, -0.25) is 4.98 Å². The first kappa shape index (κ1) is 12.6. The van der Waals surface area contributed by atoms with Gasteiger partial charge in [-0.2, -0.15) is 0 Å². The molecule has 0 radical (unpaired) electrons. The fourth-order valence-corrected chi connectivity index (χ4v) is 2.31. The highest BCUT2D eigenvalue weighted by Crippen LogP contribution is 2.19. The van der Waals surface area contributed by atoms with Gasteiger partial charge in [-0.15, -0.1) is 11.3 Å². The van der Waals surface area contributed by atoms with Crippen LogP contribution in [-0.2, 0) is 6.54 Å². The summed E-state index contributed by atoms with van der Waals surface area (Å²) in [6.07, 6.45) is 1.83. The largest absolute Gasteiger partial charge is 0.384 e. The van der Waals surface area contributed by atoms with E-state index in [-0.39, 0.29) is 0 Å². The third-order valence-corrected chi connectivity index (χ3v) is 3.48. The minimum atomic E-state index is 0.450. The number of hydrogen-bond donors (Lipinski definition) is 2. The zero-order chi connectivity index (χ0) is 13.8. The molecule has 0 aliphatic rings. The molecule has 0 aliphatic heterocycles. The lowest BCUT2D eigenvalue weighted by atomic mass is 10.2. The molecule has 3 rings (SSSR count). The van der Waals surface area contributed by atoms with E-state index in [4.69, 9.17) is 5.73 Å². The highest BCUT2D eigenvalue weighted by molar-refractivity contribution is 7.09. The normalized spacial score (nSPS) is 10.4. The number of nitrogens with one attached hydrogen (secondary N) is 1. The predicted molar refractivity (Wildman–Crippen MR) is 81.3 cm³/mol. The second-order valence-corrected chi connectivity index (χ2v) is 5.16. The average molecular weight is 283 g/mol. The van der Waals surface area contributed by atoms with Crippen molar-refractivity contribution >= 4 is 23.0 Å². The average Bonchev–Trinajstić information content (AvgIpc) is 2.99. The number of nitrogens with two attached hydrogens (primary N) is 1. The summed E-state index contributed by atoms with van der Waals surface area (Å²) >= 11 is 1.60. The molecule has 3 aromatic rings. The van der Waals surface area contributed by atoms with E-state index in [9.17, 15) is 0 Å². The van der Waals surface area contributed by atoms with Crippen molar-refractivity contribution in [3.8, 4) is 11.4 Å². The molecule has 2 aromatic heterocycles. The van der Waals surface area contributed by atoms with Crippen LogP contribution in [-0.4, -0.2) is 15.0 Å². The van der Waals surface area contributed by atoms with Gasteiger partial charge in [0.1, 0.15) is 11.6 Å². The Morgan fingerprint density at radius 3 is 2.75 bits per heavy atom. The molecule has 5 nitrogen and oxygen atoms in total. The van der Waals surface area contributed by atoms with Crippen LogP contribution in [0.1, 0.15) is 4.88 Å². The van der Waals surface area contributed by atoms with Crippen molar-refractivity contribution in [2.45, 2.75) is 6.54 Å². The van der Waals surface area contributed by atoms with Gasteiger partial charge in [0.05, 0.1) is 12.1 Å². The minimum absolute atomic E-state index is 0.450. The van der Waals surface area contributed by atoms with Crippen LogP contribution in [0.25, 0.3) is 11.4 Å². The minimum Gasteiger partial charge on any atom is -0.384 e. The van der Waals surface area contributed by atoms with Crippen molar-refractivity contribution in [2.24, 2.45) is 0 Å². The van der Waals surface area contributed by atoms with Gasteiger partial charge in [0.15, 0.2) is 5.82 Å². The van der Waals surface area contributed by atoms with Crippen molar-refractivity contribution in [3.05, 3.63) is 53.0 Å². The third-order valence-electron chi connectivity index (χ3n) is 2.71. The molecular weight excluding hydrogens is 270 g/mol. The van der Waals surface area contributed by atoms with Gasteiger partial charge < -0.3 is 11.1 Å². The standard InChI is InChI=1S/C14H13N5S/c15-12-6-13(17-8-11-7-16-9-20-11)19-14(18-12)10-4-2-1-3-5-10/h1-7,9H,8H2,(H3,15,17,18,19). The molecule has 0 saturated carbocycles. The monoisotopic (exact) mass is 283 g/mol. The number of hydrogen-bond acceptors (Lipinski definition) is 6. The van der Waals surface area contributed by atoms with E-state index in [1.54, 1.807) is 22.9 Å². The number of nitrogen functional groups attached to an aromatic ring is 1. The van der Waals surface area contributed by atoms with Crippen molar-refractivity contribution in [1.29, 1.82) is 0 Å². The molecule has 0 spiro atoms. The quantitative estimate of drug-likeness (QED) is 0.770. The summed E-state index contributed by atoms with van der Waals surface area (Å²) in [7, 11) is 0. The summed E-state index contributed by atoms with van der Waals surface area (Å²) < 4.78 is 0. The molecule has 1 aromatic carbocycles. The highest BCUT2D eigenvalue weighted by Gasteiger charge is 2.05.